The lowest BCUT2D eigenvalue weighted by Crippen LogP contribution is -2.26. The number of carbonyl (C=O) groups is 2. The summed E-state index contributed by atoms with van der Waals surface area (Å²) in [6, 6.07) is 15.0. The number of amides is 2. The molecule has 1 aliphatic heterocycles. The molecule has 0 saturated carbocycles. The third-order valence-corrected chi connectivity index (χ3v) is 4.75. The fourth-order valence-corrected chi connectivity index (χ4v) is 3.23. The predicted molar refractivity (Wildman–Crippen MR) is 100 cm³/mol. The summed E-state index contributed by atoms with van der Waals surface area (Å²) in [5, 5.41) is 3.69. The Morgan fingerprint density at radius 2 is 1.88 bits per heavy atom. The van der Waals surface area contributed by atoms with Crippen LogP contribution in [-0.4, -0.2) is 24.9 Å². The number of nitrogens with zero attached hydrogens (tertiary/aromatic N) is 1. The van der Waals surface area contributed by atoms with Crippen LogP contribution in [0.2, 0.25) is 5.02 Å². The summed E-state index contributed by atoms with van der Waals surface area (Å²) in [5.41, 5.74) is 2.56. The van der Waals surface area contributed by atoms with Gasteiger partial charge in [0.25, 0.3) is 5.91 Å². The second-order valence-electron chi connectivity index (χ2n) is 6.15. The van der Waals surface area contributed by atoms with Crippen LogP contribution in [0.1, 0.15) is 35.2 Å². The van der Waals surface area contributed by atoms with Crippen LogP contribution in [0.25, 0.3) is 0 Å². The first-order chi connectivity index (χ1) is 12.1. The molecule has 4 nitrogen and oxygen atoms in total. The summed E-state index contributed by atoms with van der Waals surface area (Å²) in [4.78, 5) is 25.7. The lowest BCUT2D eigenvalue weighted by Gasteiger charge is -2.15. The molecule has 2 aromatic rings. The number of anilines is 1. The van der Waals surface area contributed by atoms with Gasteiger partial charge in [-0.3, -0.25) is 9.59 Å². The molecule has 1 N–H and O–H groups in total. The largest absolute Gasteiger partial charge is 0.352 e. The smallest absolute Gasteiger partial charge is 0.251 e. The Kier molecular flexibility index (Phi) is 5.71. The first-order valence-electron chi connectivity index (χ1n) is 8.57. The molecule has 0 spiro atoms. The molecule has 1 saturated heterocycles. The molecule has 130 valence electrons. The van der Waals surface area contributed by atoms with Crippen molar-refractivity contribution in [2.75, 3.05) is 18.0 Å². The van der Waals surface area contributed by atoms with Crippen molar-refractivity contribution in [3.63, 3.8) is 0 Å². The molecule has 3 rings (SSSR count). The molecule has 0 radical (unpaired) electrons. The van der Waals surface area contributed by atoms with E-state index in [-0.39, 0.29) is 11.8 Å². The normalized spacial score (nSPS) is 14.0. The molecule has 1 fully saturated rings. The summed E-state index contributed by atoms with van der Waals surface area (Å²) in [6.45, 7) is 1.35. The number of carbonyl (C=O) groups excluding carboxylic acids is 2. The van der Waals surface area contributed by atoms with Gasteiger partial charge in [0, 0.05) is 35.8 Å². The van der Waals surface area contributed by atoms with E-state index in [2.05, 4.69) is 5.32 Å². The molecular formula is C20H21ClN2O2. The second-order valence-corrected chi connectivity index (χ2v) is 6.55. The monoisotopic (exact) mass is 356 g/mol. The van der Waals surface area contributed by atoms with E-state index in [0.717, 1.165) is 42.1 Å². The number of benzene rings is 2. The highest BCUT2D eigenvalue weighted by atomic mass is 35.5. The van der Waals surface area contributed by atoms with Crippen LogP contribution in [0, 0.1) is 0 Å². The fraction of sp³-hybridized carbons (Fsp3) is 0.300. The summed E-state index contributed by atoms with van der Waals surface area (Å²) < 4.78 is 0. The van der Waals surface area contributed by atoms with Crippen LogP contribution in [0.15, 0.2) is 48.5 Å². The van der Waals surface area contributed by atoms with Gasteiger partial charge in [0.1, 0.15) is 0 Å². The highest BCUT2D eigenvalue weighted by Crippen LogP contribution is 2.21. The summed E-state index contributed by atoms with van der Waals surface area (Å²) in [6.07, 6.45) is 3.16. The molecule has 1 heterocycles. The van der Waals surface area contributed by atoms with Crippen LogP contribution in [0.4, 0.5) is 5.69 Å². The van der Waals surface area contributed by atoms with E-state index in [1.54, 1.807) is 17.0 Å². The van der Waals surface area contributed by atoms with E-state index in [1.807, 2.05) is 36.4 Å². The summed E-state index contributed by atoms with van der Waals surface area (Å²) in [7, 11) is 0. The highest BCUT2D eigenvalue weighted by Gasteiger charge is 2.21. The van der Waals surface area contributed by atoms with Crippen LogP contribution >= 0.6 is 11.6 Å². The van der Waals surface area contributed by atoms with Gasteiger partial charge < -0.3 is 10.2 Å². The highest BCUT2D eigenvalue weighted by molar-refractivity contribution is 6.31. The zero-order valence-electron chi connectivity index (χ0n) is 14.0. The first kappa shape index (κ1) is 17.5. The number of halogens is 1. The molecule has 0 bridgehead atoms. The van der Waals surface area contributed by atoms with Gasteiger partial charge in [-0.2, -0.15) is 0 Å². The van der Waals surface area contributed by atoms with Crippen molar-refractivity contribution in [2.24, 2.45) is 0 Å². The zero-order valence-corrected chi connectivity index (χ0v) is 14.8. The Hall–Kier alpha value is -2.33. The molecule has 2 aromatic carbocycles. The average Bonchev–Trinajstić information content (AvgIpc) is 3.06. The Labute approximate surface area is 152 Å². The first-order valence-corrected chi connectivity index (χ1v) is 8.95. The molecule has 1 aliphatic rings. The van der Waals surface area contributed by atoms with E-state index in [9.17, 15) is 9.59 Å². The molecule has 0 aliphatic carbocycles. The molecule has 5 heteroatoms. The van der Waals surface area contributed by atoms with Crippen molar-refractivity contribution in [2.45, 2.75) is 25.7 Å². The lowest BCUT2D eigenvalue weighted by molar-refractivity contribution is -0.117. The third kappa shape index (κ3) is 4.40. The minimum Gasteiger partial charge on any atom is -0.352 e. The maximum Gasteiger partial charge on any atom is 0.251 e. The fourth-order valence-electron chi connectivity index (χ4n) is 3.00. The Bertz CT molecular complexity index is 759. The van der Waals surface area contributed by atoms with Crippen molar-refractivity contribution in [3.05, 3.63) is 64.7 Å². The molecule has 25 heavy (non-hydrogen) atoms. The molecular weight excluding hydrogens is 336 g/mol. The van der Waals surface area contributed by atoms with Gasteiger partial charge in [0.2, 0.25) is 5.91 Å². The van der Waals surface area contributed by atoms with Gasteiger partial charge in [0.05, 0.1) is 0 Å². The van der Waals surface area contributed by atoms with Crippen molar-refractivity contribution in [3.8, 4) is 0 Å². The SMILES string of the molecule is O=C(NCCCc1ccccc1Cl)c1ccc(N2CCCC2=O)cc1. The van der Waals surface area contributed by atoms with Crippen LogP contribution < -0.4 is 10.2 Å². The number of aryl methyl sites for hydroxylation is 1. The van der Waals surface area contributed by atoms with E-state index in [0.29, 0.717) is 18.5 Å². The maximum atomic E-state index is 12.2. The van der Waals surface area contributed by atoms with Crippen molar-refractivity contribution in [1.29, 1.82) is 0 Å². The number of nitrogens with one attached hydrogen (secondary N) is 1. The molecule has 0 aromatic heterocycles. The third-order valence-electron chi connectivity index (χ3n) is 4.38. The lowest BCUT2D eigenvalue weighted by atomic mass is 10.1. The zero-order chi connectivity index (χ0) is 17.6. The van der Waals surface area contributed by atoms with Crippen molar-refractivity contribution in [1.82, 2.24) is 5.32 Å². The van der Waals surface area contributed by atoms with Crippen molar-refractivity contribution >= 4 is 29.1 Å². The standard InChI is InChI=1S/C20H21ClN2O2/c21-18-7-2-1-5-15(18)6-3-13-22-20(25)16-9-11-17(12-10-16)23-14-4-8-19(23)24/h1-2,5,7,9-12H,3-4,6,8,13-14H2,(H,22,25). The number of rotatable bonds is 6. The number of hydrogen-bond donors (Lipinski definition) is 1. The van der Waals surface area contributed by atoms with Gasteiger partial charge in [-0.15, -0.1) is 0 Å². The Balaban J connectivity index is 1.48. The van der Waals surface area contributed by atoms with Gasteiger partial charge in [-0.05, 0) is 55.2 Å². The summed E-state index contributed by atoms with van der Waals surface area (Å²) >= 11 is 6.13. The molecule has 0 atom stereocenters. The number of hydrogen-bond acceptors (Lipinski definition) is 2. The second kappa shape index (κ2) is 8.17. The minimum atomic E-state index is -0.0987. The van der Waals surface area contributed by atoms with E-state index < -0.39 is 0 Å². The van der Waals surface area contributed by atoms with E-state index >= 15 is 0 Å². The van der Waals surface area contributed by atoms with Gasteiger partial charge in [0.15, 0.2) is 0 Å². The average molecular weight is 357 g/mol. The maximum absolute atomic E-state index is 12.2. The molecule has 0 unspecified atom stereocenters. The van der Waals surface area contributed by atoms with E-state index in [1.165, 1.54) is 0 Å². The Morgan fingerprint density at radius 1 is 1.12 bits per heavy atom. The quantitative estimate of drug-likeness (QED) is 0.800. The van der Waals surface area contributed by atoms with Crippen LogP contribution in [0.3, 0.4) is 0 Å². The van der Waals surface area contributed by atoms with E-state index in [4.69, 9.17) is 11.6 Å². The summed E-state index contributed by atoms with van der Waals surface area (Å²) in [5.74, 6) is 0.0511. The minimum absolute atomic E-state index is 0.0987. The van der Waals surface area contributed by atoms with Gasteiger partial charge in [-0.25, -0.2) is 0 Å². The van der Waals surface area contributed by atoms with Crippen LogP contribution in [0.5, 0.6) is 0 Å². The predicted octanol–water partition coefficient (Wildman–Crippen LogP) is 3.83. The van der Waals surface area contributed by atoms with Crippen LogP contribution in [-0.2, 0) is 11.2 Å². The van der Waals surface area contributed by atoms with Gasteiger partial charge in [-0.1, -0.05) is 29.8 Å². The van der Waals surface area contributed by atoms with Gasteiger partial charge >= 0.3 is 0 Å². The topological polar surface area (TPSA) is 49.4 Å². The van der Waals surface area contributed by atoms with Crippen molar-refractivity contribution < 1.29 is 9.59 Å². The Morgan fingerprint density at radius 3 is 2.56 bits per heavy atom. The molecule has 2 amide bonds.